The van der Waals surface area contributed by atoms with E-state index in [4.69, 9.17) is 9.47 Å². The number of nitrogens with one attached hydrogen (secondary N) is 2. The maximum Gasteiger partial charge on any atom is 0.316 e. The number of carbonyl (C=O) groups is 1. The second-order valence-corrected chi connectivity index (χ2v) is 9.24. The fourth-order valence-corrected chi connectivity index (χ4v) is 4.77. The van der Waals surface area contributed by atoms with Gasteiger partial charge in [-0.25, -0.2) is 4.98 Å². The average molecular weight is 499 g/mol. The van der Waals surface area contributed by atoms with Crippen molar-refractivity contribution >= 4 is 28.2 Å². The number of fused-ring (bicyclic) bond motifs is 1. The van der Waals surface area contributed by atoms with Crippen LogP contribution in [0.2, 0.25) is 0 Å². The maximum atomic E-state index is 13.4. The number of pyridine rings is 1. The molecule has 1 fully saturated rings. The molecule has 37 heavy (non-hydrogen) atoms. The van der Waals surface area contributed by atoms with Crippen molar-refractivity contribution in [1.82, 2.24) is 20.3 Å². The van der Waals surface area contributed by atoms with Crippen molar-refractivity contribution in [2.45, 2.75) is 25.9 Å². The highest BCUT2D eigenvalue weighted by molar-refractivity contribution is 6.13. The Hall–Kier alpha value is -4.24. The molecule has 2 aromatic heterocycles. The first kappa shape index (κ1) is 24.5. The molecule has 0 bridgehead atoms. The summed E-state index contributed by atoms with van der Waals surface area (Å²) in [6.45, 7) is 6.03. The van der Waals surface area contributed by atoms with Gasteiger partial charge in [-0.1, -0.05) is 0 Å². The van der Waals surface area contributed by atoms with Gasteiger partial charge in [0.15, 0.2) is 0 Å². The second-order valence-electron chi connectivity index (χ2n) is 9.24. The molecule has 2 aromatic carbocycles. The largest absolute Gasteiger partial charge is 0.497 e. The monoisotopic (exact) mass is 498 g/mol. The fourth-order valence-electron chi connectivity index (χ4n) is 4.77. The number of aromatic nitrogens is 3. The van der Waals surface area contributed by atoms with Crippen molar-refractivity contribution in [3.63, 3.8) is 0 Å². The van der Waals surface area contributed by atoms with Gasteiger partial charge in [-0.2, -0.15) is 4.98 Å². The predicted molar refractivity (Wildman–Crippen MR) is 145 cm³/mol. The average Bonchev–Trinajstić information content (AvgIpc) is 2.92. The van der Waals surface area contributed by atoms with Crippen molar-refractivity contribution < 1.29 is 14.3 Å². The molecule has 9 nitrogen and oxygen atoms in total. The van der Waals surface area contributed by atoms with Gasteiger partial charge in [-0.3, -0.25) is 9.78 Å². The van der Waals surface area contributed by atoms with E-state index in [1.165, 1.54) is 7.11 Å². The summed E-state index contributed by atoms with van der Waals surface area (Å²) < 4.78 is 10.5. The Balaban J connectivity index is 1.43. The van der Waals surface area contributed by atoms with Gasteiger partial charge in [0.05, 0.1) is 42.9 Å². The Kier molecular flexibility index (Phi) is 6.87. The number of hydrogen-bond acceptors (Lipinski definition) is 8. The summed E-state index contributed by atoms with van der Waals surface area (Å²) in [4.78, 5) is 29.1. The quantitative estimate of drug-likeness (QED) is 0.409. The van der Waals surface area contributed by atoms with E-state index in [-0.39, 0.29) is 11.9 Å². The Morgan fingerprint density at radius 2 is 1.70 bits per heavy atom. The van der Waals surface area contributed by atoms with Crippen LogP contribution in [0, 0.1) is 0 Å². The van der Waals surface area contributed by atoms with E-state index in [1.807, 2.05) is 48.5 Å². The Bertz CT molecular complexity index is 1400. The zero-order valence-electron chi connectivity index (χ0n) is 21.4. The fraction of sp³-hybridized carbons (Fsp3) is 0.286. The number of rotatable bonds is 6. The van der Waals surface area contributed by atoms with E-state index in [2.05, 4.69) is 44.3 Å². The summed E-state index contributed by atoms with van der Waals surface area (Å²) in [5, 5.41) is 7.31. The van der Waals surface area contributed by atoms with Crippen molar-refractivity contribution in [3.05, 3.63) is 66.5 Å². The van der Waals surface area contributed by atoms with Crippen LogP contribution in [0.3, 0.4) is 0 Å². The number of amides is 1. The molecule has 1 saturated heterocycles. The maximum absolute atomic E-state index is 13.4. The summed E-state index contributed by atoms with van der Waals surface area (Å²) in [6, 6.07) is 16.1. The Morgan fingerprint density at radius 1 is 0.946 bits per heavy atom. The van der Waals surface area contributed by atoms with E-state index in [9.17, 15) is 4.79 Å². The minimum atomic E-state index is -0.279. The van der Waals surface area contributed by atoms with Crippen LogP contribution in [0.5, 0.6) is 11.8 Å². The van der Waals surface area contributed by atoms with Gasteiger partial charge >= 0.3 is 6.01 Å². The van der Waals surface area contributed by atoms with Crippen LogP contribution in [-0.4, -0.2) is 60.3 Å². The molecule has 1 amide bonds. The van der Waals surface area contributed by atoms with Crippen LogP contribution in [0.4, 0.5) is 11.4 Å². The third-order valence-corrected chi connectivity index (χ3v) is 6.44. The molecular weight excluding hydrogens is 468 g/mol. The molecule has 0 aliphatic carbocycles. The smallest absolute Gasteiger partial charge is 0.316 e. The number of methoxy groups -OCH3 is 2. The van der Waals surface area contributed by atoms with E-state index in [0.717, 1.165) is 41.2 Å². The van der Waals surface area contributed by atoms with Gasteiger partial charge in [0, 0.05) is 48.0 Å². The zero-order chi connectivity index (χ0) is 25.9. The van der Waals surface area contributed by atoms with Gasteiger partial charge in [0.25, 0.3) is 5.91 Å². The highest BCUT2D eigenvalue weighted by Gasteiger charge is 2.24. The first-order chi connectivity index (χ1) is 17.9. The lowest BCUT2D eigenvalue weighted by Crippen LogP contribution is -2.54. The van der Waals surface area contributed by atoms with Gasteiger partial charge in [0.2, 0.25) is 0 Å². The minimum absolute atomic E-state index is 0.214. The lowest BCUT2D eigenvalue weighted by atomic mass is 10.0. The molecule has 2 N–H and O–H groups in total. The molecule has 9 heteroatoms. The molecule has 190 valence electrons. The van der Waals surface area contributed by atoms with Gasteiger partial charge in [0.1, 0.15) is 5.75 Å². The number of ether oxygens (including phenoxy) is 2. The van der Waals surface area contributed by atoms with Crippen LogP contribution in [0.25, 0.3) is 22.2 Å². The van der Waals surface area contributed by atoms with Gasteiger partial charge in [-0.05, 0) is 62.4 Å². The third kappa shape index (κ3) is 5.17. The number of hydrogen-bond donors (Lipinski definition) is 2. The molecule has 0 unspecified atom stereocenters. The summed E-state index contributed by atoms with van der Waals surface area (Å²) in [5.41, 5.74) is 4.33. The minimum Gasteiger partial charge on any atom is -0.497 e. The third-order valence-electron chi connectivity index (χ3n) is 6.44. The molecule has 0 saturated carbocycles. The molecule has 0 radical (unpaired) electrons. The predicted octanol–water partition coefficient (Wildman–Crippen LogP) is 4.15. The SMILES string of the molecule is COc1ccc(-c2ccc(NC(=O)c3ccc(N4C[C@H](C)N[C@@H](C)C4)c4cnc(OC)nc34)cn2)cc1. The molecule has 3 heterocycles. The summed E-state index contributed by atoms with van der Waals surface area (Å²) >= 11 is 0. The van der Waals surface area contributed by atoms with Crippen LogP contribution in [0.15, 0.2) is 60.9 Å². The number of piperazine rings is 1. The van der Waals surface area contributed by atoms with Gasteiger partial charge < -0.3 is 25.0 Å². The number of benzene rings is 2. The number of nitrogens with zero attached hydrogens (tertiary/aromatic N) is 4. The lowest BCUT2D eigenvalue weighted by Gasteiger charge is -2.38. The highest BCUT2D eigenvalue weighted by atomic mass is 16.5. The first-order valence-corrected chi connectivity index (χ1v) is 12.2. The Labute approximate surface area is 215 Å². The topological polar surface area (TPSA) is 102 Å². The first-order valence-electron chi connectivity index (χ1n) is 12.2. The molecular formula is C28H30N6O3. The van der Waals surface area contributed by atoms with Crippen LogP contribution in [-0.2, 0) is 0 Å². The molecule has 2 atom stereocenters. The summed E-state index contributed by atoms with van der Waals surface area (Å²) in [6.07, 6.45) is 3.38. The second kappa shape index (κ2) is 10.4. The van der Waals surface area contributed by atoms with E-state index >= 15 is 0 Å². The van der Waals surface area contributed by atoms with Gasteiger partial charge in [-0.15, -0.1) is 0 Å². The zero-order valence-corrected chi connectivity index (χ0v) is 21.4. The van der Waals surface area contributed by atoms with Crippen molar-refractivity contribution in [1.29, 1.82) is 0 Å². The Morgan fingerprint density at radius 3 is 2.35 bits per heavy atom. The summed E-state index contributed by atoms with van der Waals surface area (Å²) in [5.74, 6) is 0.505. The normalized spacial score (nSPS) is 17.5. The van der Waals surface area contributed by atoms with Crippen molar-refractivity contribution in [2.75, 3.05) is 37.5 Å². The summed E-state index contributed by atoms with van der Waals surface area (Å²) in [7, 11) is 3.15. The molecule has 4 aromatic rings. The van der Waals surface area contributed by atoms with E-state index < -0.39 is 0 Å². The van der Waals surface area contributed by atoms with E-state index in [1.54, 1.807) is 19.5 Å². The van der Waals surface area contributed by atoms with Crippen LogP contribution in [0.1, 0.15) is 24.2 Å². The molecule has 1 aliphatic heterocycles. The number of carbonyl (C=O) groups excluding carboxylic acids is 1. The van der Waals surface area contributed by atoms with Crippen LogP contribution < -0.4 is 25.0 Å². The highest BCUT2D eigenvalue weighted by Crippen LogP contribution is 2.31. The van der Waals surface area contributed by atoms with E-state index in [0.29, 0.717) is 28.9 Å². The number of anilines is 2. The van der Waals surface area contributed by atoms with Crippen molar-refractivity contribution in [2.24, 2.45) is 0 Å². The molecule has 1 aliphatic rings. The standard InChI is InChI=1S/C28H30N6O3/c1-17-15-34(16-18(2)31-17)25-12-10-22(26-23(25)14-30-28(33-26)37-4)27(35)32-20-7-11-24(29-13-20)19-5-8-21(36-3)9-6-19/h5-14,17-18,31H,15-16H2,1-4H3,(H,32,35)/t17-,18-/m0/s1. The molecule has 0 spiro atoms. The lowest BCUT2D eigenvalue weighted by molar-refractivity contribution is 0.102. The van der Waals surface area contributed by atoms with Crippen molar-refractivity contribution in [3.8, 4) is 23.0 Å². The molecule has 5 rings (SSSR count). The van der Waals surface area contributed by atoms with Crippen LogP contribution >= 0.6 is 0 Å².